The molecule has 1 amide bonds. The largest absolute Gasteiger partial charge is 0.483 e. The van der Waals surface area contributed by atoms with Gasteiger partial charge in [-0.15, -0.1) is 0 Å². The molecule has 138 valence electrons. The third-order valence-corrected chi connectivity index (χ3v) is 4.31. The van der Waals surface area contributed by atoms with E-state index in [2.05, 4.69) is 10.5 Å². The van der Waals surface area contributed by atoms with Crippen LogP contribution in [0.25, 0.3) is 16.5 Å². The van der Waals surface area contributed by atoms with Gasteiger partial charge >= 0.3 is 0 Å². The van der Waals surface area contributed by atoms with Gasteiger partial charge in [0.25, 0.3) is 5.91 Å². The first-order chi connectivity index (χ1) is 13.8. The van der Waals surface area contributed by atoms with Crippen molar-refractivity contribution in [3.8, 4) is 11.4 Å². The molecular formula is C23H19N3O2. The van der Waals surface area contributed by atoms with Crippen molar-refractivity contribution in [2.24, 2.45) is 5.10 Å². The van der Waals surface area contributed by atoms with Gasteiger partial charge in [0.15, 0.2) is 6.61 Å². The summed E-state index contributed by atoms with van der Waals surface area (Å²) < 4.78 is 7.66. The number of carbonyl (C=O) groups excluding carboxylic acids is 1. The Hall–Kier alpha value is -3.86. The molecule has 0 spiro atoms. The van der Waals surface area contributed by atoms with Gasteiger partial charge in [-0.1, -0.05) is 54.6 Å². The molecule has 1 aromatic heterocycles. The van der Waals surface area contributed by atoms with Crippen LogP contribution in [0.2, 0.25) is 0 Å². The molecule has 4 rings (SSSR count). The maximum absolute atomic E-state index is 12.1. The first-order valence-electron chi connectivity index (χ1n) is 8.96. The third kappa shape index (κ3) is 3.94. The second-order valence-electron chi connectivity index (χ2n) is 6.20. The number of nitrogens with one attached hydrogen (secondary N) is 1. The Bertz CT molecular complexity index is 1110. The van der Waals surface area contributed by atoms with Gasteiger partial charge in [0.05, 0.1) is 11.9 Å². The van der Waals surface area contributed by atoms with Gasteiger partial charge in [0, 0.05) is 17.3 Å². The Labute approximate surface area is 162 Å². The number of aromatic nitrogens is 1. The van der Waals surface area contributed by atoms with Crippen LogP contribution in [0.4, 0.5) is 0 Å². The molecule has 0 fully saturated rings. The van der Waals surface area contributed by atoms with Crippen LogP contribution in [0.15, 0.2) is 96.2 Å². The van der Waals surface area contributed by atoms with E-state index in [9.17, 15) is 4.79 Å². The molecule has 5 nitrogen and oxygen atoms in total. The van der Waals surface area contributed by atoms with Crippen LogP contribution in [-0.2, 0) is 4.79 Å². The number of hydrogen-bond acceptors (Lipinski definition) is 3. The molecule has 5 heteroatoms. The summed E-state index contributed by atoms with van der Waals surface area (Å²) in [5.74, 6) is 0.359. The van der Waals surface area contributed by atoms with Gasteiger partial charge in [0.1, 0.15) is 5.75 Å². The normalized spacial score (nSPS) is 11.0. The number of hydrogen-bond donors (Lipinski definition) is 1. The summed E-state index contributed by atoms with van der Waals surface area (Å²) in [5, 5.41) is 6.09. The highest BCUT2D eigenvalue weighted by Crippen LogP contribution is 2.24. The molecule has 0 saturated heterocycles. The van der Waals surface area contributed by atoms with Crippen LogP contribution in [0.3, 0.4) is 0 Å². The minimum absolute atomic E-state index is 0.106. The summed E-state index contributed by atoms with van der Waals surface area (Å²) >= 11 is 0. The number of para-hydroxylation sites is 1. The smallest absolute Gasteiger partial charge is 0.277 e. The lowest BCUT2D eigenvalue weighted by molar-refractivity contribution is -0.123. The zero-order valence-corrected chi connectivity index (χ0v) is 15.2. The summed E-state index contributed by atoms with van der Waals surface area (Å²) in [5.41, 5.74) is 4.40. The number of carbonyl (C=O) groups is 1. The number of hydrazone groups is 1. The fourth-order valence-corrected chi connectivity index (χ4v) is 2.99. The average Bonchev–Trinajstić information content (AvgIpc) is 3.21. The molecule has 0 radical (unpaired) electrons. The van der Waals surface area contributed by atoms with Gasteiger partial charge in [0.2, 0.25) is 0 Å². The van der Waals surface area contributed by atoms with Gasteiger partial charge < -0.3 is 9.30 Å². The van der Waals surface area contributed by atoms with Crippen LogP contribution >= 0.6 is 0 Å². The Morgan fingerprint density at radius 2 is 1.71 bits per heavy atom. The lowest BCUT2D eigenvalue weighted by Gasteiger charge is -2.08. The Morgan fingerprint density at radius 1 is 0.929 bits per heavy atom. The van der Waals surface area contributed by atoms with Gasteiger partial charge in [-0.3, -0.25) is 4.79 Å². The molecule has 0 saturated carbocycles. The Morgan fingerprint density at radius 3 is 2.61 bits per heavy atom. The van der Waals surface area contributed by atoms with Gasteiger partial charge in [-0.25, -0.2) is 5.43 Å². The molecule has 0 aliphatic carbocycles. The van der Waals surface area contributed by atoms with E-state index < -0.39 is 0 Å². The van der Waals surface area contributed by atoms with Crippen molar-refractivity contribution in [1.29, 1.82) is 0 Å². The van der Waals surface area contributed by atoms with E-state index >= 15 is 0 Å². The monoisotopic (exact) mass is 369 g/mol. The predicted octanol–water partition coefficient (Wildman–Crippen LogP) is 4.16. The summed E-state index contributed by atoms with van der Waals surface area (Å²) in [4.78, 5) is 12.1. The number of rotatable bonds is 6. The fourth-order valence-electron chi connectivity index (χ4n) is 2.99. The molecule has 0 atom stereocenters. The van der Waals surface area contributed by atoms with Crippen molar-refractivity contribution in [3.63, 3.8) is 0 Å². The highest BCUT2D eigenvalue weighted by molar-refractivity contribution is 5.89. The van der Waals surface area contributed by atoms with E-state index in [1.165, 1.54) is 0 Å². The Balaban J connectivity index is 1.37. The predicted molar refractivity (Wildman–Crippen MR) is 111 cm³/mol. The van der Waals surface area contributed by atoms with Crippen molar-refractivity contribution in [1.82, 2.24) is 9.99 Å². The van der Waals surface area contributed by atoms with Crippen molar-refractivity contribution in [2.45, 2.75) is 0 Å². The second-order valence-corrected chi connectivity index (χ2v) is 6.20. The van der Waals surface area contributed by atoms with Gasteiger partial charge in [-0.2, -0.15) is 5.10 Å². The molecule has 0 aliphatic rings. The quantitative estimate of drug-likeness (QED) is 0.410. The number of ether oxygens (including phenoxy) is 1. The Kier molecular flexibility index (Phi) is 5.15. The van der Waals surface area contributed by atoms with E-state index in [4.69, 9.17) is 4.74 Å². The number of fused-ring (bicyclic) bond motifs is 1. The van der Waals surface area contributed by atoms with E-state index in [0.717, 1.165) is 22.2 Å². The van der Waals surface area contributed by atoms with E-state index in [0.29, 0.717) is 5.75 Å². The standard InChI is InChI=1S/C23H19N3O2/c27-23(17-28-22-14-6-9-18-8-4-5-13-21(18)22)25-24-16-20-12-7-15-26(20)19-10-2-1-3-11-19/h1-16H,17H2,(H,25,27). The highest BCUT2D eigenvalue weighted by atomic mass is 16.5. The molecular weight excluding hydrogens is 350 g/mol. The van der Waals surface area contributed by atoms with Crippen LogP contribution in [0.1, 0.15) is 5.69 Å². The first kappa shape index (κ1) is 17.5. The average molecular weight is 369 g/mol. The molecule has 0 bridgehead atoms. The third-order valence-electron chi connectivity index (χ3n) is 4.31. The van der Waals surface area contributed by atoms with Crippen molar-refractivity contribution < 1.29 is 9.53 Å². The molecule has 28 heavy (non-hydrogen) atoms. The van der Waals surface area contributed by atoms with Crippen molar-refractivity contribution >= 4 is 22.9 Å². The maximum Gasteiger partial charge on any atom is 0.277 e. The second kappa shape index (κ2) is 8.22. The number of amides is 1. The van der Waals surface area contributed by atoms with Crippen LogP contribution in [0.5, 0.6) is 5.75 Å². The lowest BCUT2D eigenvalue weighted by Crippen LogP contribution is -2.24. The summed E-state index contributed by atoms with van der Waals surface area (Å²) in [6.07, 6.45) is 3.56. The summed E-state index contributed by atoms with van der Waals surface area (Å²) in [6.45, 7) is -0.106. The molecule has 1 N–H and O–H groups in total. The first-order valence-corrected chi connectivity index (χ1v) is 8.96. The topological polar surface area (TPSA) is 55.6 Å². The minimum Gasteiger partial charge on any atom is -0.483 e. The number of nitrogens with zero attached hydrogens (tertiary/aromatic N) is 2. The van der Waals surface area contributed by atoms with E-state index in [1.54, 1.807) is 6.21 Å². The lowest BCUT2D eigenvalue weighted by atomic mass is 10.1. The molecule has 0 unspecified atom stereocenters. The summed E-state index contributed by atoms with van der Waals surface area (Å²) in [7, 11) is 0. The SMILES string of the molecule is O=C(COc1cccc2ccccc12)NN=Cc1cccn1-c1ccccc1. The van der Waals surface area contributed by atoms with Crippen molar-refractivity contribution in [2.75, 3.05) is 6.61 Å². The zero-order chi connectivity index (χ0) is 19.2. The van der Waals surface area contributed by atoms with E-state index in [-0.39, 0.29) is 12.5 Å². The summed E-state index contributed by atoms with van der Waals surface area (Å²) in [6, 6.07) is 27.5. The van der Waals surface area contributed by atoms with Crippen LogP contribution < -0.4 is 10.2 Å². The fraction of sp³-hybridized carbons (Fsp3) is 0.0435. The van der Waals surface area contributed by atoms with Gasteiger partial charge in [-0.05, 0) is 35.7 Å². The molecule has 0 aliphatic heterocycles. The van der Waals surface area contributed by atoms with Crippen LogP contribution in [0, 0.1) is 0 Å². The van der Waals surface area contributed by atoms with E-state index in [1.807, 2.05) is 95.7 Å². The maximum atomic E-state index is 12.1. The van der Waals surface area contributed by atoms with Crippen LogP contribution in [-0.4, -0.2) is 23.3 Å². The number of benzene rings is 3. The molecule has 1 heterocycles. The highest BCUT2D eigenvalue weighted by Gasteiger charge is 2.05. The molecule has 3 aromatic carbocycles. The zero-order valence-electron chi connectivity index (χ0n) is 15.2. The van der Waals surface area contributed by atoms with Crippen molar-refractivity contribution in [3.05, 3.63) is 96.8 Å². The minimum atomic E-state index is -0.318. The molecule has 4 aromatic rings.